The predicted octanol–water partition coefficient (Wildman–Crippen LogP) is 3.72. The van der Waals surface area contributed by atoms with Crippen molar-refractivity contribution >= 4 is 0 Å². The van der Waals surface area contributed by atoms with E-state index in [1.807, 2.05) is 19.9 Å². The summed E-state index contributed by atoms with van der Waals surface area (Å²) < 4.78 is 27.8. The fraction of sp³-hybridized carbons (Fsp3) is 0.571. The summed E-state index contributed by atoms with van der Waals surface area (Å²) in [5.74, 6) is -2.75. The maximum atomic E-state index is 13.9. The first-order valence-electron chi connectivity index (χ1n) is 6.13. The molecule has 0 unspecified atom stereocenters. The number of halogens is 2. The summed E-state index contributed by atoms with van der Waals surface area (Å²) in [6, 6.07) is 6.70. The summed E-state index contributed by atoms with van der Waals surface area (Å²) in [5.41, 5.74) is 6.48. The fourth-order valence-corrected chi connectivity index (χ4v) is 1.89. The molecular formula is C14H21F2N. The average Bonchev–Trinajstić information content (AvgIpc) is 2.25. The zero-order valence-corrected chi connectivity index (χ0v) is 10.5. The van der Waals surface area contributed by atoms with Crippen molar-refractivity contribution in [3.05, 3.63) is 35.4 Å². The highest BCUT2D eigenvalue weighted by Gasteiger charge is 2.32. The molecule has 0 aliphatic carbocycles. The predicted molar refractivity (Wildman–Crippen MR) is 67.2 cm³/mol. The number of nitrogens with two attached hydrogens (primary N) is 1. The van der Waals surface area contributed by atoms with Crippen LogP contribution in [0.1, 0.15) is 37.8 Å². The van der Waals surface area contributed by atoms with Crippen LogP contribution in [0, 0.1) is 5.92 Å². The average molecular weight is 241 g/mol. The van der Waals surface area contributed by atoms with Crippen molar-refractivity contribution in [3.8, 4) is 0 Å². The summed E-state index contributed by atoms with van der Waals surface area (Å²) >= 11 is 0. The van der Waals surface area contributed by atoms with E-state index >= 15 is 0 Å². The Bertz CT molecular complexity index is 348. The monoisotopic (exact) mass is 241 g/mol. The van der Waals surface area contributed by atoms with Crippen LogP contribution in [0.15, 0.2) is 24.3 Å². The molecule has 1 rings (SSSR count). The molecule has 0 spiro atoms. The highest BCUT2D eigenvalue weighted by atomic mass is 19.3. The summed E-state index contributed by atoms with van der Waals surface area (Å²) in [6.45, 7) is 4.21. The molecule has 1 aromatic rings. The van der Waals surface area contributed by atoms with E-state index < -0.39 is 5.92 Å². The van der Waals surface area contributed by atoms with Crippen LogP contribution in [0.5, 0.6) is 0 Å². The Labute approximate surface area is 102 Å². The van der Waals surface area contributed by atoms with Gasteiger partial charge in [0.05, 0.1) is 0 Å². The Morgan fingerprint density at radius 3 is 2.59 bits per heavy atom. The lowest BCUT2D eigenvalue weighted by molar-refractivity contribution is -0.0249. The molecule has 0 saturated heterocycles. The van der Waals surface area contributed by atoms with Gasteiger partial charge >= 0.3 is 0 Å². The molecule has 0 radical (unpaired) electrons. The van der Waals surface area contributed by atoms with Crippen molar-refractivity contribution < 1.29 is 8.78 Å². The molecule has 0 fully saturated rings. The van der Waals surface area contributed by atoms with Gasteiger partial charge in [0.2, 0.25) is 0 Å². The molecule has 0 heterocycles. The van der Waals surface area contributed by atoms with Gasteiger partial charge in [-0.1, -0.05) is 32.0 Å². The number of aryl methyl sites for hydroxylation is 1. The fourth-order valence-electron chi connectivity index (χ4n) is 1.89. The van der Waals surface area contributed by atoms with Crippen molar-refractivity contribution in [3.63, 3.8) is 0 Å². The van der Waals surface area contributed by atoms with Crippen LogP contribution in [0.2, 0.25) is 0 Å². The van der Waals surface area contributed by atoms with Crippen molar-refractivity contribution in [2.24, 2.45) is 11.7 Å². The molecular weight excluding hydrogens is 220 g/mol. The zero-order valence-electron chi connectivity index (χ0n) is 10.5. The van der Waals surface area contributed by atoms with Gasteiger partial charge in [0, 0.05) is 12.0 Å². The quantitative estimate of drug-likeness (QED) is 0.807. The largest absolute Gasteiger partial charge is 0.330 e. The Kier molecular flexibility index (Phi) is 5.06. The molecule has 1 aromatic carbocycles. The Morgan fingerprint density at radius 1 is 1.29 bits per heavy atom. The van der Waals surface area contributed by atoms with E-state index in [2.05, 4.69) is 0 Å². The zero-order chi connectivity index (χ0) is 12.9. The van der Waals surface area contributed by atoms with Gasteiger partial charge in [0.15, 0.2) is 0 Å². The van der Waals surface area contributed by atoms with Crippen molar-refractivity contribution in [2.75, 3.05) is 6.54 Å². The third-order valence-corrected chi connectivity index (χ3v) is 2.68. The lowest BCUT2D eigenvalue weighted by atomic mass is 9.96. The highest BCUT2D eigenvalue weighted by Crippen LogP contribution is 2.34. The SMILES string of the molecule is CC(C)CC(F)(F)c1cccc(CCCN)c1. The first-order valence-corrected chi connectivity index (χ1v) is 6.13. The van der Waals surface area contributed by atoms with Crippen LogP contribution >= 0.6 is 0 Å². The third-order valence-electron chi connectivity index (χ3n) is 2.68. The van der Waals surface area contributed by atoms with Gasteiger partial charge in [0.1, 0.15) is 0 Å². The normalized spacial score (nSPS) is 12.1. The van der Waals surface area contributed by atoms with Crippen LogP contribution in [-0.2, 0) is 12.3 Å². The van der Waals surface area contributed by atoms with E-state index in [-0.39, 0.29) is 17.9 Å². The van der Waals surface area contributed by atoms with Gasteiger partial charge < -0.3 is 5.73 Å². The second-order valence-electron chi connectivity index (χ2n) is 4.90. The molecule has 1 nitrogen and oxygen atoms in total. The lowest BCUT2D eigenvalue weighted by Crippen LogP contribution is -2.16. The molecule has 0 aliphatic rings. The molecule has 0 aliphatic heterocycles. The first-order chi connectivity index (χ1) is 7.95. The number of benzene rings is 1. The number of alkyl halides is 2. The Balaban J connectivity index is 2.82. The van der Waals surface area contributed by atoms with Crippen molar-refractivity contribution in [1.82, 2.24) is 0 Å². The molecule has 0 amide bonds. The maximum Gasteiger partial charge on any atom is 0.273 e. The Morgan fingerprint density at radius 2 is 2.00 bits per heavy atom. The van der Waals surface area contributed by atoms with Crippen LogP contribution < -0.4 is 5.73 Å². The molecule has 0 aromatic heterocycles. The second-order valence-corrected chi connectivity index (χ2v) is 4.90. The maximum absolute atomic E-state index is 13.9. The van der Waals surface area contributed by atoms with Gasteiger partial charge in [0.25, 0.3) is 5.92 Å². The van der Waals surface area contributed by atoms with E-state index in [1.165, 1.54) is 6.07 Å². The summed E-state index contributed by atoms with van der Waals surface area (Å²) in [4.78, 5) is 0. The molecule has 3 heteroatoms. The molecule has 2 N–H and O–H groups in total. The lowest BCUT2D eigenvalue weighted by Gasteiger charge is -2.19. The van der Waals surface area contributed by atoms with Crippen LogP contribution in [-0.4, -0.2) is 6.54 Å². The minimum absolute atomic E-state index is 0.0160. The standard InChI is InChI=1S/C14H21F2N/c1-11(2)10-14(15,16)13-7-3-5-12(9-13)6-4-8-17/h3,5,7,9,11H,4,6,8,10,17H2,1-2H3. The van der Waals surface area contributed by atoms with Gasteiger partial charge in [-0.2, -0.15) is 0 Å². The van der Waals surface area contributed by atoms with E-state index in [1.54, 1.807) is 12.1 Å². The van der Waals surface area contributed by atoms with E-state index in [0.29, 0.717) is 6.54 Å². The molecule has 96 valence electrons. The van der Waals surface area contributed by atoms with Crippen molar-refractivity contribution in [1.29, 1.82) is 0 Å². The van der Waals surface area contributed by atoms with Gasteiger partial charge in [-0.3, -0.25) is 0 Å². The highest BCUT2D eigenvalue weighted by molar-refractivity contribution is 5.27. The van der Waals surface area contributed by atoms with E-state index in [9.17, 15) is 8.78 Å². The van der Waals surface area contributed by atoms with Crippen LogP contribution in [0.4, 0.5) is 8.78 Å². The molecule has 0 bridgehead atoms. The third kappa shape index (κ3) is 4.43. The second kappa shape index (κ2) is 6.10. The summed E-state index contributed by atoms with van der Waals surface area (Å²) in [5, 5.41) is 0. The van der Waals surface area contributed by atoms with Crippen molar-refractivity contribution in [2.45, 2.75) is 39.0 Å². The van der Waals surface area contributed by atoms with Gasteiger partial charge in [-0.25, -0.2) is 8.78 Å². The minimum atomic E-state index is -2.73. The summed E-state index contributed by atoms with van der Waals surface area (Å²) in [7, 11) is 0. The first kappa shape index (κ1) is 14.1. The molecule has 0 saturated carbocycles. The number of hydrogen-bond donors (Lipinski definition) is 1. The Hall–Kier alpha value is -0.960. The molecule has 17 heavy (non-hydrogen) atoms. The van der Waals surface area contributed by atoms with Gasteiger partial charge in [-0.05, 0) is 36.9 Å². The topological polar surface area (TPSA) is 26.0 Å². The van der Waals surface area contributed by atoms with Crippen LogP contribution in [0.3, 0.4) is 0 Å². The smallest absolute Gasteiger partial charge is 0.273 e. The van der Waals surface area contributed by atoms with Gasteiger partial charge in [-0.15, -0.1) is 0 Å². The summed E-state index contributed by atoms with van der Waals surface area (Å²) in [6.07, 6.45) is 1.49. The van der Waals surface area contributed by atoms with Crippen LogP contribution in [0.25, 0.3) is 0 Å². The van der Waals surface area contributed by atoms with E-state index in [4.69, 9.17) is 5.73 Å². The van der Waals surface area contributed by atoms with E-state index in [0.717, 1.165) is 18.4 Å². The number of hydrogen-bond acceptors (Lipinski definition) is 1. The minimum Gasteiger partial charge on any atom is -0.330 e. The molecule has 0 atom stereocenters. The number of rotatable bonds is 6.